The number of halogens is 1. The standard InChI is InChI=1S/C14H21NO.ClH/c1-9(2)7-13(15)14(16)12-8-10(3)5-6-11(12)4;/h5-6,8-9,13H,7,15H2,1-4H3;1H. The van der Waals surface area contributed by atoms with Gasteiger partial charge in [-0.05, 0) is 37.8 Å². The van der Waals surface area contributed by atoms with Gasteiger partial charge in [0.2, 0.25) is 0 Å². The molecule has 0 aliphatic rings. The van der Waals surface area contributed by atoms with Crippen LogP contribution in [0, 0.1) is 19.8 Å². The zero-order chi connectivity index (χ0) is 12.3. The van der Waals surface area contributed by atoms with Gasteiger partial charge in [-0.1, -0.05) is 31.5 Å². The first-order valence-corrected chi connectivity index (χ1v) is 5.79. The van der Waals surface area contributed by atoms with Crippen molar-refractivity contribution in [1.82, 2.24) is 0 Å². The Morgan fingerprint density at radius 2 is 1.88 bits per heavy atom. The van der Waals surface area contributed by atoms with Crippen LogP contribution in [0.15, 0.2) is 18.2 Å². The van der Waals surface area contributed by atoms with Crippen molar-refractivity contribution < 1.29 is 4.79 Å². The molecule has 0 aromatic heterocycles. The molecule has 0 fully saturated rings. The molecule has 17 heavy (non-hydrogen) atoms. The molecular formula is C14H22ClNO. The Labute approximate surface area is 110 Å². The van der Waals surface area contributed by atoms with Crippen LogP contribution in [0.3, 0.4) is 0 Å². The molecular weight excluding hydrogens is 234 g/mol. The largest absolute Gasteiger partial charge is 0.321 e. The van der Waals surface area contributed by atoms with Crippen LogP contribution in [-0.2, 0) is 0 Å². The van der Waals surface area contributed by atoms with Gasteiger partial charge >= 0.3 is 0 Å². The Bertz CT molecular complexity index is 388. The molecule has 96 valence electrons. The van der Waals surface area contributed by atoms with Crippen LogP contribution in [-0.4, -0.2) is 11.8 Å². The van der Waals surface area contributed by atoms with Crippen molar-refractivity contribution in [2.45, 2.75) is 40.2 Å². The number of carbonyl (C=O) groups is 1. The maximum atomic E-state index is 12.1. The highest BCUT2D eigenvalue weighted by Crippen LogP contribution is 2.15. The predicted octanol–water partition coefficient (Wildman–Crippen LogP) is 3.28. The number of benzene rings is 1. The van der Waals surface area contributed by atoms with E-state index in [-0.39, 0.29) is 24.2 Å². The van der Waals surface area contributed by atoms with Gasteiger partial charge in [-0.2, -0.15) is 0 Å². The number of aryl methyl sites for hydroxylation is 2. The molecule has 2 nitrogen and oxygen atoms in total. The first-order valence-electron chi connectivity index (χ1n) is 5.79. The van der Waals surface area contributed by atoms with E-state index in [1.54, 1.807) is 0 Å². The lowest BCUT2D eigenvalue weighted by Crippen LogP contribution is -2.32. The summed E-state index contributed by atoms with van der Waals surface area (Å²) < 4.78 is 0. The monoisotopic (exact) mass is 255 g/mol. The van der Waals surface area contributed by atoms with E-state index in [4.69, 9.17) is 5.73 Å². The zero-order valence-corrected chi connectivity index (χ0v) is 11.8. The predicted molar refractivity (Wildman–Crippen MR) is 74.9 cm³/mol. The van der Waals surface area contributed by atoms with Gasteiger partial charge in [0.1, 0.15) is 0 Å². The molecule has 0 heterocycles. The molecule has 0 aliphatic heterocycles. The molecule has 1 rings (SSSR count). The third-order valence-electron chi connectivity index (χ3n) is 2.72. The Morgan fingerprint density at radius 1 is 1.29 bits per heavy atom. The number of nitrogens with two attached hydrogens (primary N) is 1. The third-order valence-corrected chi connectivity index (χ3v) is 2.72. The van der Waals surface area contributed by atoms with E-state index in [0.717, 1.165) is 23.1 Å². The van der Waals surface area contributed by atoms with E-state index in [0.29, 0.717) is 5.92 Å². The van der Waals surface area contributed by atoms with Gasteiger partial charge in [-0.15, -0.1) is 12.4 Å². The number of Topliss-reactive ketones (excluding diaryl/α,β-unsaturated/α-hetero) is 1. The normalized spacial score (nSPS) is 12.1. The summed E-state index contributed by atoms with van der Waals surface area (Å²) in [7, 11) is 0. The van der Waals surface area contributed by atoms with Crippen molar-refractivity contribution in [3.63, 3.8) is 0 Å². The second kappa shape index (κ2) is 6.77. The van der Waals surface area contributed by atoms with Gasteiger partial charge in [0.15, 0.2) is 5.78 Å². The number of carbonyl (C=O) groups excluding carboxylic acids is 1. The summed E-state index contributed by atoms with van der Waals surface area (Å²) in [6.07, 6.45) is 0.742. The Balaban J connectivity index is 0.00000256. The van der Waals surface area contributed by atoms with E-state index in [9.17, 15) is 4.79 Å². The highest BCUT2D eigenvalue weighted by molar-refractivity contribution is 6.01. The number of rotatable bonds is 4. The molecule has 0 spiro atoms. The molecule has 1 atom stereocenters. The van der Waals surface area contributed by atoms with Gasteiger partial charge in [-0.3, -0.25) is 4.79 Å². The minimum absolute atomic E-state index is 0. The smallest absolute Gasteiger partial charge is 0.179 e. The van der Waals surface area contributed by atoms with Crippen molar-refractivity contribution in [3.05, 3.63) is 34.9 Å². The van der Waals surface area contributed by atoms with Crippen molar-refractivity contribution in [2.75, 3.05) is 0 Å². The van der Waals surface area contributed by atoms with Gasteiger partial charge in [0.25, 0.3) is 0 Å². The van der Waals surface area contributed by atoms with Crippen molar-refractivity contribution in [3.8, 4) is 0 Å². The summed E-state index contributed by atoms with van der Waals surface area (Å²) in [6, 6.07) is 5.54. The molecule has 0 radical (unpaired) electrons. The number of ketones is 1. The first-order chi connectivity index (χ1) is 7.41. The third kappa shape index (κ3) is 4.49. The van der Waals surface area contributed by atoms with Gasteiger partial charge in [-0.25, -0.2) is 0 Å². The summed E-state index contributed by atoms with van der Waals surface area (Å²) >= 11 is 0. The molecule has 1 unspecified atom stereocenters. The van der Waals surface area contributed by atoms with Gasteiger partial charge < -0.3 is 5.73 Å². The molecule has 0 bridgehead atoms. The summed E-state index contributed by atoms with van der Waals surface area (Å²) in [5, 5.41) is 0. The lowest BCUT2D eigenvalue weighted by Gasteiger charge is -2.14. The van der Waals surface area contributed by atoms with Crippen LogP contribution >= 0.6 is 12.4 Å². The average molecular weight is 256 g/mol. The minimum atomic E-state index is -0.375. The van der Waals surface area contributed by atoms with Crippen LogP contribution in [0.4, 0.5) is 0 Å². The van der Waals surface area contributed by atoms with E-state index < -0.39 is 0 Å². The highest BCUT2D eigenvalue weighted by atomic mass is 35.5. The second-order valence-electron chi connectivity index (χ2n) is 4.92. The van der Waals surface area contributed by atoms with Gasteiger partial charge in [0.05, 0.1) is 6.04 Å². The van der Waals surface area contributed by atoms with E-state index in [1.807, 2.05) is 32.0 Å². The SMILES string of the molecule is Cc1ccc(C)c(C(=O)C(N)CC(C)C)c1.Cl. The maximum absolute atomic E-state index is 12.1. The van der Waals surface area contributed by atoms with Crippen LogP contribution in [0.1, 0.15) is 41.8 Å². The van der Waals surface area contributed by atoms with Crippen LogP contribution < -0.4 is 5.73 Å². The summed E-state index contributed by atoms with van der Waals surface area (Å²) in [6.45, 7) is 8.10. The van der Waals surface area contributed by atoms with Crippen LogP contribution in [0.5, 0.6) is 0 Å². The summed E-state index contributed by atoms with van der Waals surface area (Å²) in [4.78, 5) is 12.1. The topological polar surface area (TPSA) is 43.1 Å². The second-order valence-corrected chi connectivity index (χ2v) is 4.92. The fourth-order valence-electron chi connectivity index (χ4n) is 1.82. The Morgan fingerprint density at radius 3 is 2.41 bits per heavy atom. The zero-order valence-electron chi connectivity index (χ0n) is 11.0. The van der Waals surface area contributed by atoms with Crippen LogP contribution in [0.2, 0.25) is 0 Å². The van der Waals surface area contributed by atoms with Crippen LogP contribution in [0.25, 0.3) is 0 Å². The van der Waals surface area contributed by atoms with Gasteiger partial charge in [0, 0.05) is 5.56 Å². The number of hydrogen-bond acceptors (Lipinski definition) is 2. The number of hydrogen-bond donors (Lipinski definition) is 1. The molecule has 3 heteroatoms. The Kier molecular flexibility index (Phi) is 6.43. The van der Waals surface area contributed by atoms with Crippen molar-refractivity contribution >= 4 is 18.2 Å². The molecule has 1 aromatic rings. The molecule has 0 aliphatic carbocycles. The molecule has 0 saturated carbocycles. The summed E-state index contributed by atoms with van der Waals surface area (Å²) in [5.74, 6) is 0.513. The molecule has 1 aromatic carbocycles. The minimum Gasteiger partial charge on any atom is -0.321 e. The van der Waals surface area contributed by atoms with Crippen molar-refractivity contribution in [2.24, 2.45) is 11.7 Å². The highest BCUT2D eigenvalue weighted by Gasteiger charge is 2.18. The molecule has 0 amide bonds. The summed E-state index contributed by atoms with van der Waals surface area (Å²) in [5.41, 5.74) is 8.80. The quantitative estimate of drug-likeness (QED) is 0.839. The van der Waals surface area contributed by atoms with Crippen molar-refractivity contribution in [1.29, 1.82) is 0 Å². The fourth-order valence-corrected chi connectivity index (χ4v) is 1.82. The lowest BCUT2D eigenvalue weighted by molar-refractivity contribution is 0.0950. The van der Waals surface area contributed by atoms with E-state index in [1.165, 1.54) is 0 Å². The van der Waals surface area contributed by atoms with E-state index >= 15 is 0 Å². The fraction of sp³-hybridized carbons (Fsp3) is 0.500. The molecule has 0 saturated heterocycles. The maximum Gasteiger partial charge on any atom is 0.179 e. The Hall–Kier alpha value is -0.860. The average Bonchev–Trinajstić information content (AvgIpc) is 2.19. The molecule has 2 N–H and O–H groups in total. The van der Waals surface area contributed by atoms with E-state index in [2.05, 4.69) is 13.8 Å². The first kappa shape index (κ1) is 16.1. The lowest BCUT2D eigenvalue weighted by atomic mass is 9.93.